The molecule has 0 spiro atoms. The molecule has 0 amide bonds. The minimum atomic E-state index is -4.71. The Hall–Kier alpha value is -3.83. The van der Waals surface area contributed by atoms with Gasteiger partial charge in [-0.15, -0.1) is 5.10 Å². The minimum Gasteiger partial charge on any atom is -0.497 e. The maximum absolute atomic E-state index is 13.7. The van der Waals surface area contributed by atoms with Crippen molar-refractivity contribution in [2.45, 2.75) is 25.6 Å². The van der Waals surface area contributed by atoms with Gasteiger partial charge < -0.3 is 19.6 Å². The number of benzene rings is 1. The highest BCUT2D eigenvalue weighted by Gasteiger charge is 2.36. The third-order valence-electron chi connectivity index (χ3n) is 5.57. The number of hydrogen-bond acceptors (Lipinski definition) is 7. The summed E-state index contributed by atoms with van der Waals surface area (Å²) in [5, 5.41) is 13.7. The highest BCUT2D eigenvalue weighted by atomic mass is 19.4. The molecule has 3 heterocycles. The molecule has 1 N–H and O–H groups in total. The number of nitrogens with zero attached hydrogens (tertiary/aromatic N) is 5. The van der Waals surface area contributed by atoms with Crippen molar-refractivity contribution in [1.29, 1.82) is 0 Å². The van der Waals surface area contributed by atoms with Crippen LogP contribution in [-0.4, -0.2) is 58.2 Å². The van der Waals surface area contributed by atoms with E-state index in [0.717, 1.165) is 5.56 Å². The zero-order chi connectivity index (χ0) is 24.5. The second-order valence-corrected chi connectivity index (χ2v) is 7.89. The van der Waals surface area contributed by atoms with Crippen molar-refractivity contribution in [2.75, 3.05) is 36.5 Å². The van der Waals surface area contributed by atoms with E-state index >= 15 is 0 Å². The monoisotopic (exact) mass is 477 g/mol. The van der Waals surface area contributed by atoms with Gasteiger partial charge in [-0.05, 0) is 17.7 Å². The van der Waals surface area contributed by atoms with Crippen LogP contribution in [0.25, 0.3) is 5.65 Å². The number of halogens is 3. The van der Waals surface area contributed by atoms with E-state index < -0.39 is 24.4 Å². The average molecular weight is 477 g/mol. The molecule has 4 rings (SSSR count). The van der Waals surface area contributed by atoms with Gasteiger partial charge in [-0.1, -0.05) is 12.1 Å². The lowest BCUT2D eigenvalue weighted by molar-refractivity contribution is -0.142. The van der Waals surface area contributed by atoms with Gasteiger partial charge in [0.2, 0.25) is 0 Å². The second-order valence-electron chi connectivity index (χ2n) is 7.89. The topological polar surface area (TPSA) is 100 Å². The van der Waals surface area contributed by atoms with E-state index in [2.05, 4.69) is 10.1 Å². The summed E-state index contributed by atoms with van der Waals surface area (Å²) in [5.41, 5.74) is -0.266. The first-order valence-electron chi connectivity index (χ1n) is 10.5. The smallest absolute Gasteiger partial charge is 0.435 e. The van der Waals surface area contributed by atoms with Crippen molar-refractivity contribution < 1.29 is 32.6 Å². The van der Waals surface area contributed by atoms with Crippen LogP contribution in [0, 0.1) is 0 Å². The molecule has 12 heteroatoms. The van der Waals surface area contributed by atoms with Crippen molar-refractivity contribution in [1.82, 2.24) is 14.6 Å². The summed E-state index contributed by atoms with van der Waals surface area (Å²) in [4.78, 5) is 30.4. The standard InChI is InChI=1S/C22H22F3N5O4/c1-34-16-4-2-14(3-5-16)12-29(13-20(32)33)17-10-19(28-8-6-15(31)7-9-28)27-30-18(22(23,24)25)11-26-21(17)30/h2-5,10-11H,6-9,12-13H2,1H3,(H,32,33). The van der Waals surface area contributed by atoms with Crippen LogP contribution in [-0.2, 0) is 22.3 Å². The Morgan fingerprint density at radius 1 is 1.21 bits per heavy atom. The Kier molecular flexibility index (Phi) is 6.31. The number of methoxy groups -OCH3 is 1. The fourth-order valence-corrected chi connectivity index (χ4v) is 3.85. The number of carbonyl (C=O) groups is 2. The van der Waals surface area contributed by atoms with E-state index in [0.29, 0.717) is 29.6 Å². The van der Waals surface area contributed by atoms with Crippen LogP contribution in [0.1, 0.15) is 24.1 Å². The summed E-state index contributed by atoms with van der Waals surface area (Å²) in [6, 6.07) is 8.45. The first kappa shape index (κ1) is 23.3. The number of rotatable bonds is 7. The third kappa shape index (κ3) is 4.90. The number of Topliss-reactive ketones (excluding diaryl/α,β-unsaturated/α-hetero) is 1. The number of alkyl halides is 3. The summed E-state index contributed by atoms with van der Waals surface area (Å²) >= 11 is 0. The van der Waals surface area contributed by atoms with Crippen LogP contribution >= 0.6 is 0 Å². The molecule has 0 aliphatic carbocycles. The number of hydrogen-bond donors (Lipinski definition) is 1. The molecule has 9 nitrogen and oxygen atoms in total. The number of piperidine rings is 1. The van der Waals surface area contributed by atoms with E-state index in [1.165, 1.54) is 18.1 Å². The number of imidazole rings is 1. The molecule has 0 atom stereocenters. The molecule has 0 radical (unpaired) electrons. The number of aromatic nitrogens is 3. The summed E-state index contributed by atoms with van der Waals surface area (Å²) in [5.74, 6) is -0.257. The van der Waals surface area contributed by atoms with Gasteiger partial charge in [0.25, 0.3) is 0 Å². The second kappa shape index (κ2) is 9.20. The van der Waals surface area contributed by atoms with E-state index in [1.54, 1.807) is 29.2 Å². The number of carboxylic acid groups (broad SMARTS) is 1. The van der Waals surface area contributed by atoms with Crippen LogP contribution in [0.2, 0.25) is 0 Å². The molecule has 1 saturated heterocycles. The molecular formula is C22H22F3N5O4. The van der Waals surface area contributed by atoms with Crippen molar-refractivity contribution >= 4 is 28.9 Å². The lowest BCUT2D eigenvalue weighted by atomic mass is 10.1. The maximum Gasteiger partial charge on any atom is 0.435 e. The van der Waals surface area contributed by atoms with E-state index in [-0.39, 0.29) is 42.3 Å². The van der Waals surface area contributed by atoms with Crippen molar-refractivity contribution in [3.8, 4) is 5.75 Å². The van der Waals surface area contributed by atoms with Gasteiger partial charge in [-0.3, -0.25) is 9.59 Å². The first-order valence-corrected chi connectivity index (χ1v) is 10.5. The SMILES string of the molecule is COc1ccc(CN(CC(=O)O)c2cc(N3CCC(=O)CC3)nn3c(C(F)(F)F)cnc23)cc1. The van der Waals surface area contributed by atoms with Gasteiger partial charge in [0.1, 0.15) is 18.1 Å². The molecule has 2 aromatic heterocycles. The Morgan fingerprint density at radius 2 is 1.88 bits per heavy atom. The molecule has 34 heavy (non-hydrogen) atoms. The number of aliphatic carboxylic acids is 1. The minimum absolute atomic E-state index is 0.0724. The van der Waals surface area contributed by atoms with Crippen molar-refractivity contribution in [2.24, 2.45) is 0 Å². The van der Waals surface area contributed by atoms with Crippen LogP contribution in [0.3, 0.4) is 0 Å². The molecule has 1 aromatic carbocycles. The molecule has 0 bridgehead atoms. The molecule has 0 unspecified atom stereocenters. The van der Waals surface area contributed by atoms with Crippen LogP contribution < -0.4 is 14.5 Å². The van der Waals surface area contributed by atoms with Gasteiger partial charge in [-0.25, -0.2) is 9.50 Å². The van der Waals surface area contributed by atoms with Gasteiger partial charge in [0, 0.05) is 38.5 Å². The molecule has 0 saturated carbocycles. The fourth-order valence-electron chi connectivity index (χ4n) is 3.85. The average Bonchev–Trinajstić information content (AvgIpc) is 3.23. The number of carboxylic acids is 1. The fraction of sp³-hybridized carbons (Fsp3) is 0.364. The number of carbonyl (C=O) groups excluding carboxylic acids is 1. The Labute approximate surface area is 192 Å². The largest absolute Gasteiger partial charge is 0.497 e. The number of ketones is 1. The molecular weight excluding hydrogens is 455 g/mol. The van der Waals surface area contributed by atoms with Crippen molar-refractivity contribution in [3.05, 3.63) is 47.8 Å². The zero-order valence-electron chi connectivity index (χ0n) is 18.2. The Balaban J connectivity index is 1.82. The maximum atomic E-state index is 13.7. The van der Waals surface area contributed by atoms with Gasteiger partial charge in [0.05, 0.1) is 19.0 Å². The van der Waals surface area contributed by atoms with Crippen LogP contribution in [0.5, 0.6) is 5.75 Å². The van der Waals surface area contributed by atoms with Gasteiger partial charge >= 0.3 is 12.1 Å². The quantitative estimate of drug-likeness (QED) is 0.555. The summed E-state index contributed by atoms with van der Waals surface area (Å²) in [7, 11) is 1.52. The van der Waals surface area contributed by atoms with Crippen LogP contribution in [0.4, 0.5) is 24.7 Å². The highest BCUT2D eigenvalue weighted by Crippen LogP contribution is 2.34. The molecule has 1 aliphatic heterocycles. The first-order chi connectivity index (χ1) is 16.2. The predicted octanol–water partition coefficient (Wildman–Crippen LogP) is 3.02. The predicted molar refractivity (Wildman–Crippen MR) is 116 cm³/mol. The van der Waals surface area contributed by atoms with Gasteiger partial charge in [-0.2, -0.15) is 13.2 Å². The number of anilines is 2. The zero-order valence-corrected chi connectivity index (χ0v) is 18.2. The lowest BCUT2D eigenvalue weighted by Crippen LogP contribution is -2.35. The summed E-state index contributed by atoms with van der Waals surface area (Å²) in [6.07, 6.45) is -3.51. The molecule has 3 aromatic rings. The molecule has 1 aliphatic rings. The Morgan fingerprint density at radius 3 is 2.47 bits per heavy atom. The third-order valence-corrected chi connectivity index (χ3v) is 5.57. The number of fused-ring (bicyclic) bond motifs is 1. The highest BCUT2D eigenvalue weighted by molar-refractivity contribution is 5.82. The molecule has 1 fully saturated rings. The van der Waals surface area contributed by atoms with E-state index in [4.69, 9.17) is 4.74 Å². The summed E-state index contributed by atoms with van der Waals surface area (Å²) in [6.45, 7) is 0.244. The molecule has 180 valence electrons. The number of ether oxygens (including phenoxy) is 1. The summed E-state index contributed by atoms with van der Waals surface area (Å²) < 4.78 is 46.8. The Bertz CT molecular complexity index is 1200. The van der Waals surface area contributed by atoms with Gasteiger partial charge in [0.15, 0.2) is 17.2 Å². The van der Waals surface area contributed by atoms with E-state index in [9.17, 15) is 27.9 Å². The lowest BCUT2D eigenvalue weighted by Gasteiger charge is -2.29. The van der Waals surface area contributed by atoms with E-state index in [1.807, 2.05) is 0 Å². The van der Waals surface area contributed by atoms with Crippen LogP contribution in [0.15, 0.2) is 36.5 Å². The van der Waals surface area contributed by atoms with Crippen molar-refractivity contribution in [3.63, 3.8) is 0 Å². The normalized spacial score (nSPS) is 14.5.